The van der Waals surface area contributed by atoms with E-state index in [1.807, 2.05) is 6.92 Å². The van der Waals surface area contributed by atoms with E-state index < -0.39 is 48.3 Å². The molecule has 0 aromatic rings. The maximum atomic E-state index is 13.8. The molecule has 5 aliphatic rings. The van der Waals surface area contributed by atoms with Crippen molar-refractivity contribution >= 4 is 26.2 Å². The van der Waals surface area contributed by atoms with Crippen LogP contribution in [-0.4, -0.2) is 64.5 Å². The fourth-order valence-electron chi connectivity index (χ4n) is 8.63. The molecule has 1 saturated heterocycles. The number of ether oxygens (including phenoxy) is 5. The Bertz CT molecular complexity index is 1110. The average Bonchev–Trinajstić information content (AvgIpc) is 3.26. The number of hydrogen-bond acceptors (Lipinski definition) is 9. The Morgan fingerprint density at radius 2 is 1.85 bits per heavy atom. The van der Waals surface area contributed by atoms with Gasteiger partial charge in [-0.15, -0.1) is 0 Å². The zero-order valence-corrected chi connectivity index (χ0v) is 25.8. The van der Waals surface area contributed by atoms with Gasteiger partial charge in [0, 0.05) is 37.7 Å². The smallest absolute Gasteiger partial charge is 0.315 e. The van der Waals surface area contributed by atoms with E-state index in [1.54, 1.807) is 7.11 Å². The lowest BCUT2D eigenvalue weighted by Gasteiger charge is -2.47. The van der Waals surface area contributed by atoms with Crippen molar-refractivity contribution in [3.05, 3.63) is 11.8 Å². The fourth-order valence-corrected chi connectivity index (χ4v) is 9.73. The van der Waals surface area contributed by atoms with Crippen LogP contribution in [0.3, 0.4) is 0 Å². The van der Waals surface area contributed by atoms with E-state index in [4.69, 9.17) is 28.1 Å². The zero-order chi connectivity index (χ0) is 28.8. The number of hydrogen-bond donors (Lipinski definition) is 0. The number of esters is 3. The molecule has 0 N–H and O–H groups in total. The van der Waals surface area contributed by atoms with Crippen LogP contribution in [0.25, 0.3) is 0 Å². The monoisotopic (exact) mass is 564 g/mol. The Balaban J connectivity index is 1.69. The lowest BCUT2D eigenvalue weighted by molar-refractivity contribution is -0.174. The van der Waals surface area contributed by atoms with Gasteiger partial charge in [-0.25, -0.2) is 0 Å². The largest absolute Gasteiger partial charge is 0.544 e. The van der Waals surface area contributed by atoms with E-state index >= 15 is 0 Å². The van der Waals surface area contributed by atoms with Crippen molar-refractivity contribution < 1.29 is 42.5 Å². The normalized spacial score (nSPS) is 42.3. The maximum Gasteiger partial charge on any atom is 0.315 e. The third-order valence-electron chi connectivity index (χ3n) is 11.1. The molecule has 0 aromatic heterocycles. The molecule has 0 radical (unpaired) electrons. The third kappa shape index (κ3) is 3.66. The Labute approximate surface area is 232 Å². The van der Waals surface area contributed by atoms with Gasteiger partial charge in [0.15, 0.2) is 5.60 Å². The van der Waals surface area contributed by atoms with Crippen molar-refractivity contribution in [3.63, 3.8) is 0 Å². The molecule has 4 aliphatic carbocycles. The summed E-state index contributed by atoms with van der Waals surface area (Å²) >= 11 is 0. The van der Waals surface area contributed by atoms with Crippen LogP contribution in [-0.2, 0) is 42.5 Å². The van der Waals surface area contributed by atoms with Crippen LogP contribution in [0.2, 0.25) is 18.1 Å². The van der Waals surface area contributed by atoms with Gasteiger partial charge in [0.25, 0.3) is 0 Å². The first kappa shape index (κ1) is 28.6. The topological polar surface area (TPSA) is 107 Å². The molecule has 1 aliphatic heterocycles. The third-order valence-corrected chi connectivity index (χ3v) is 15.5. The van der Waals surface area contributed by atoms with Crippen LogP contribution >= 0.6 is 0 Å². The summed E-state index contributed by atoms with van der Waals surface area (Å²) in [6.45, 7) is 14.2. The van der Waals surface area contributed by atoms with Crippen LogP contribution in [0.1, 0.15) is 66.7 Å². The van der Waals surface area contributed by atoms with Crippen molar-refractivity contribution in [1.29, 1.82) is 0 Å². The molecule has 5 rings (SSSR count). The second kappa shape index (κ2) is 8.79. The van der Waals surface area contributed by atoms with E-state index in [-0.39, 0.29) is 35.7 Å². The molecule has 218 valence electrons. The molecule has 9 nitrogen and oxygen atoms in total. The fraction of sp³-hybridized carbons (Fsp3) is 0.828. The predicted octanol–water partition coefficient (Wildman–Crippen LogP) is 4.50. The van der Waals surface area contributed by atoms with Gasteiger partial charge in [0.2, 0.25) is 8.32 Å². The van der Waals surface area contributed by atoms with Crippen LogP contribution in [0.5, 0.6) is 0 Å². The molecule has 39 heavy (non-hydrogen) atoms. The molecule has 8 atom stereocenters. The lowest BCUT2D eigenvalue weighted by Crippen LogP contribution is -2.54. The Morgan fingerprint density at radius 3 is 2.44 bits per heavy atom. The molecule has 0 amide bonds. The second-order valence-corrected chi connectivity index (χ2v) is 18.8. The van der Waals surface area contributed by atoms with E-state index in [0.717, 1.165) is 0 Å². The highest BCUT2D eigenvalue weighted by Gasteiger charge is 2.85. The summed E-state index contributed by atoms with van der Waals surface area (Å²) in [5, 5.41) is -0.0862. The molecule has 1 heterocycles. The molecule has 4 fully saturated rings. The minimum atomic E-state index is -2.34. The van der Waals surface area contributed by atoms with Gasteiger partial charge in [0.1, 0.15) is 18.2 Å². The van der Waals surface area contributed by atoms with Gasteiger partial charge in [-0.05, 0) is 56.8 Å². The van der Waals surface area contributed by atoms with Gasteiger partial charge in [-0.3, -0.25) is 14.4 Å². The summed E-state index contributed by atoms with van der Waals surface area (Å²) in [7, 11) is 0.601. The van der Waals surface area contributed by atoms with Gasteiger partial charge in [-0.1, -0.05) is 20.8 Å². The summed E-state index contributed by atoms with van der Waals surface area (Å²) in [5.41, 5.74) is -3.60. The van der Waals surface area contributed by atoms with Gasteiger partial charge < -0.3 is 28.1 Å². The summed E-state index contributed by atoms with van der Waals surface area (Å²) in [5.74, 6) is -1.73. The van der Waals surface area contributed by atoms with Crippen molar-refractivity contribution in [1.82, 2.24) is 0 Å². The molecule has 3 saturated carbocycles. The summed E-state index contributed by atoms with van der Waals surface area (Å²) in [4.78, 5) is 40.0. The van der Waals surface area contributed by atoms with Gasteiger partial charge in [-0.2, -0.15) is 0 Å². The van der Waals surface area contributed by atoms with Crippen molar-refractivity contribution in [2.45, 2.75) is 102 Å². The standard InChI is InChI=1S/C29H44O9Si/c1-17(30)36-28-12-10-18-27(15-28,14-20(28)38-39(8,9)25(2,3)4)21(23(31)34-7)22-26(5)19(35-16-33-6)11-13-29(18,22)37-24(26)32/h14,18-19,21-22H,10-13,15-16H2,1-9H3/t18-,19+,21-,22-,26-,27-,28-,29-/m1/s1. The number of rotatable bonds is 7. The molecule has 4 bridgehead atoms. The SMILES string of the molecule is COCO[C@H]1CC[C@]23OC(=O)[C@@]1(C)[C@H]2[C@H](C(=O)OC)[C@@]12C=C(O[Si](C)(C)C(C)(C)C)[C@@](OC(C)=O)(CC[C@H]13)C2. The number of allylic oxidation sites excluding steroid dienone is 1. The van der Waals surface area contributed by atoms with Gasteiger partial charge >= 0.3 is 17.9 Å². The lowest BCUT2D eigenvalue weighted by atomic mass is 9.59. The number of carbonyl (C=O) groups is 3. The summed E-state index contributed by atoms with van der Waals surface area (Å²) in [6.07, 6.45) is 4.41. The number of carbonyl (C=O) groups excluding carboxylic acids is 3. The summed E-state index contributed by atoms with van der Waals surface area (Å²) in [6, 6.07) is 0. The predicted molar refractivity (Wildman–Crippen MR) is 143 cm³/mol. The number of methoxy groups -OCH3 is 2. The first-order chi connectivity index (χ1) is 18.0. The molecular formula is C29H44O9Si. The minimum Gasteiger partial charge on any atom is -0.544 e. The van der Waals surface area contributed by atoms with E-state index in [1.165, 1.54) is 14.0 Å². The van der Waals surface area contributed by atoms with Crippen molar-refractivity contribution in [2.24, 2.45) is 28.6 Å². The molecule has 0 unspecified atom stereocenters. The highest BCUT2D eigenvalue weighted by Crippen LogP contribution is 2.78. The first-order valence-corrected chi connectivity index (χ1v) is 17.0. The van der Waals surface area contributed by atoms with Gasteiger partial charge in [0.05, 0.1) is 24.5 Å². The van der Waals surface area contributed by atoms with Crippen LogP contribution in [0.4, 0.5) is 0 Å². The summed E-state index contributed by atoms with van der Waals surface area (Å²) < 4.78 is 36.2. The van der Waals surface area contributed by atoms with Crippen LogP contribution in [0, 0.1) is 28.6 Å². The van der Waals surface area contributed by atoms with Crippen LogP contribution < -0.4 is 0 Å². The first-order valence-electron chi connectivity index (χ1n) is 14.1. The van der Waals surface area contributed by atoms with Crippen molar-refractivity contribution in [3.8, 4) is 0 Å². The highest BCUT2D eigenvalue weighted by molar-refractivity contribution is 6.74. The Kier molecular flexibility index (Phi) is 6.45. The Morgan fingerprint density at radius 1 is 1.15 bits per heavy atom. The van der Waals surface area contributed by atoms with Crippen LogP contribution in [0.15, 0.2) is 11.8 Å². The quantitative estimate of drug-likeness (QED) is 0.191. The average molecular weight is 565 g/mol. The zero-order valence-electron chi connectivity index (χ0n) is 24.8. The Hall–Kier alpha value is -1.91. The maximum absolute atomic E-state index is 13.8. The second-order valence-electron chi connectivity index (χ2n) is 14.0. The molecular weight excluding hydrogens is 520 g/mol. The van der Waals surface area contributed by atoms with E-state index in [9.17, 15) is 14.4 Å². The van der Waals surface area contributed by atoms with E-state index in [0.29, 0.717) is 37.9 Å². The molecule has 1 spiro atoms. The van der Waals surface area contributed by atoms with E-state index in [2.05, 4.69) is 39.9 Å². The highest BCUT2D eigenvalue weighted by atomic mass is 28.4. The number of fused-ring (bicyclic) bond motifs is 1. The van der Waals surface area contributed by atoms with Crippen molar-refractivity contribution in [2.75, 3.05) is 21.0 Å². The minimum absolute atomic E-state index is 0.0463. The molecule has 10 heteroatoms. The molecule has 0 aromatic carbocycles.